The van der Waals surface area contributed by atoms with E-state index in [0.29, 0.717) is 30.4 Å². The molecule has 24 heavy (non-hydrogen) atoms. The van der Waals surface area contributed by atoms with Crippen LogP contribution in [-0.2, 0) is 4.79 Å². The number of benzene rings is 1. The van der Waals surface area contributed by atoms with Crippen LogP contribution in [0, 0.1) is 0 Å². The van der Waals surface area contributed by atoms with E-state index in [2.05, 4.69) is 5.32 Å². The molecule has 0 bridgehead atoms. The molecule has 1 amide bonds. The van der Waals surface area contributed by atoms with Gasteiger partial charge in [0.05, 0.1) is 26.9 Å². The summed E-state index contributed by atoms with van der Waals surface area (Å²) in [7, 11) is 5.05. The molecule has 1 saturated heterocycles. The summed E-state index contributed by atoms with van der Waals surface area (Å²) in [5.74, 6) is 3.93. The topological polar surface area (TPSA) is 60.0 Å². The maximum atomic E-state index is 12.2. The van der Waals surface area contributed by atoms with Crippen LogP contribution >= 0.6 is 24.2 Å². The first-order valence-electron chi connectivity index (χ1n) is 7.56. The van der Waals surface area contributed by atoms with E-state index < -0.39 is 0 Å². The van der Waals surface area contributed by atoms with Crippen LogP contribution in [-0.4, -0.2) is 62.9 Å². The van der Waals surface area contributed by atoms with Gasteiger partial charge in [-0.15, -0.1) is 24.2 Å². The van der Waals surface area contributed by atoms with Crippen molar-refractivity contribution in [2.75, 3.05) is 46.0 Å². The van der Waals surface area contributed by atoms with Crippen LogP contribution in [0.2, 0.25) is 0 Å². The monoisotopic (exact) mass is 376 g/mol. The Morgan fingerprint density at radius 1 is 1.25 bits per heavy atom. The minimum Gasteiger partial charge on any atom is -0.496 e. The van der Waals surface area contributed by atoms with E-state index in [1.807, 2.05) is 19.2 Å². The van der Waals surface area contributed by atoms with E-state index in [9.17, 15) is 4.79 Å². The Hall–Kier alpha value is -1.31. The number of amides is 1. The van der Waals surface area contributed by atoms with Crippen molar-refractivity contribution in [1.82, 2.24) is 10.2 Å². The van der Waals surface area contributed by atoms with Gasteiger partial charge in [-0.3, -0.25) is 10.1 Å². The molecule has 0 spiro atoms. The molecule has 1 fully saturated rings. The Morgan fingerprint density at radius 3 is 2.42 bits per heavy atom. The molecule has 0 aromatic heterocycles. The summed E-state index contributed by atoms with van der Waals surface area (Å²) >= 11 is 1.75. The number of methoxy groups -OCH3 is 2. The van der Waals surface area contributed by atoms with Gasteiger partial charge in [0.1, 0.15) is 17.2 Å². The molecule has 2 rings (SSSR count). The quantitative estimate of drug-likeness (QED) is 0.700. The van der Waals surface area contributed by atoms with E-state index >= 15 is 0 Å². The van der Waals surface area contributed by atoms with Crippen LogP contribution in [0.5, 0.6) is 17.2 Å². The zero-order valence-corrected chi connectivity index (χ0v) is 15.9. The number of hydrogen-bond acceptors (Lipinski definition) is 6. The van der Waals surface area contributed by atoms with Crippen molar-refractivity contribution in [3.63, 3.8) is 0 Å². The average molecular weight is 377 g/mol. The third-order valence-electron chi connectivity index (χ3n) is 3.62. The fourth-order valence-electron chi connectivity index (χ4n) is 2.29. The number of carbonyl (C=O) groups is 1. The number of ether oxygens (including phenoxy) is 3. The molecule has 1 atom stereocenters. The Kier molecular flexibility index (Phi) is 9.10. The third kappa shape index (κ3) is 5.96. The van der Waals surface area contributed by atoms with Crippen molar-refractivity contribution >= 4 is 30.1 Å². The van der Waals surface area contributed by atoms with Crippen LogP contribution in [0.3, 0.4) is 0 Å². The highest BCUT2D eigenvalue weighted by atomic mass is 35.5. The number of likely N-dealkylation sites (N-methyl/N-ethyl adjacent to an activating group) is 1. The molecule has 1 aliphatic heterocycles. The molecular formula is C16H25ClN2O4S. The predicted molar refractivity (Wildman–Crippen MR) is 98.8 cm³/mol. The second kappa shape index (κ2) is 10.5. The molecule has 6 nitrogen and oxygen atoms in total. The Bertz CT molecular complexity index is 505. The number of thioether (sulfide) groups is 1. The Labute approximate surface area is 153 Å². The summed E-state index contributed by atoms with van der Waals surface area (Å²) in [6.07, 6.45) is 0.766. The summed E-state index contributed by atoms with van der Waals surface area (Å²) in [5, 5.41) is 3.19. The highest BCUT2D eigenvalue weighted by Crippen LogP contribution is 2.27. The number of halogens is 1. The van der Waals surface area contributed by atoms with E-state index in [4.69, 9.17) is 14.2 Å². The van der Waals surface area contributed by atoms with Crippen molar-refractivity contribution in [2.45, 2.75) is 12.5 Å². The predicted octanol–water partition coefficient (Wildman–Crippen LogP) is 2.02. The lowest BCUT2D eigenvalue weighted by Gasteiger charge is -2.20. The van der Waals surface area contributed by atoms with Crippen molar-refractivity contribution < 1.29 is 19.0 Å². The molecule has 1 aromatic rings. The molecule has 0 aliphatic carbocycles. The number of carbonyl (C=O) groups excluding carboxylic acids is 1. The second-order valence-corrected chi connectivity index (χ2v) is 6.31. The summed E-state index contributed by atoms with van der Waals surface area (Å²) in [5.41, 5.74) is 0. The van der Waals surface area contributed by atoms with Crippen molar-refractivity contribution in [1.29, 1.82) is 0 Å². The Morgan fingerprint density at radius 2 is 1.88 bits per heavy atom. The molecule has 0 radical (unpaired) electrons. The van der Waals surface area contributed by atoms with E-state index in [0.717, 1.165) is 18.1 Å². The van der Waals surface area contributed by atoms with Crippen LogP contribution in [0.4, 0.5) is 0 Å². The first-order valence-corrected chi connectivity index (χ1v) is 8.71. The summed E-state index contributed by atoms with van der Waals surface area (Å²) < 4.78 is 16.1. The van der Waals surface area contributed by atoms with Crippen LogP contribution in [0.15, 0.2) is 18.2 Å². The lowest BCUT2D eigenvalue weighted by Crippen LogP contribution is -2.43. The van der Waals surface area contributed by atoms with E-state index in [1.54, 1.807) is 36.9 Å². The number of hydrogen-bond donors (Lipinski definition) is 1. The molecule has 1 unspecified atom stereocenters. The SMILES string of the molecule is COc1cc(OC)cc(OCCCN(C)C(=O)C2CSCN2)c1.Cl. The third-order valence-corrected chi connectivity index (χ3v) is 4.56. The van der Waals surface area contributed by atoms with Gasteiger partial charge >= 0.3 is 0 Å². The zero-order chi connectivity index (χ0) is 16.7. The highest BCUT2D eigenvalue weighted by Gasteiger charge is 2.24. The second-order valence-electron chi connectivity index (χ2n) is 5.28. The molecule has 1 heterocycles. The van der Waals surface area contributed by atoms with Gasteiger partial charge in [-0.05, 0) is 6.42 Å². The van der Waals surface area contributed by atoms with Crippen molar-refractivity contribution in [2.24, 2.45) is 0 Å². The smallest absolute Gasteiger partial charge is 0.240 e. The molecular weight excluding hydrogens is 352 g/mol. The maximum Gasteiger partial charge on any atom is 0.240 e. The van der Waals surface area contributed by atoms with Gasteiger partial charge in [-0.25, -0.2) is 0 Å². The summed E-state index contributed by atoms with van der Waals surface area (Å²) in [4.78, 5) is 13.9. The number of nitrogens with zero attached hydrogens (tertiary/aromatic N) is 1. The first kappa shape index (κ1) is 20.7. The van der Waals surface area contributed by atoms with Crippen LogP contribution in [0.1, 0.15) is 6.42 Å². The zero-order valence-electron chi connectivity index (χ0n) is 14.2. The molecule has 0 saturated carbocycles. The van der Waals surface area contributed by atoms with Gasteiger partial charge < -0.3 is 19.1 Å². The number of nitrogens with one attached hydrogen (secondary N) is 1. The maximum absolute atomic E-state index is 12.2. The Balaban J connectivity index is 0.00000288. The average Bonchev–Trinajstić information content (AvgIpc) is 3.11. The van der Waals surface area contributed by atoms with Gasteiger partial charge in [0.15, 0.2) is 0 Å². The highest BCUT2D eigenvalue weighted by molar-refractivity contribution is 7.99. The van der Waals surface area contributed by atoms with Gasteiger partial charge in [-0.1, -0.05) is 0 Å². The van der Waals surface area contributed by atoms with Gasteiger partial charge in [0.25, 0.3) is 0 Å². The van der Waals surface area contributed by atoms with Gasteiger partial charge in [-0.2, -0.15) is 0 Å². The molecule has 1 N–H and O–H groups in total. The lowest BCUT2D eigenvalue weighted by atomic mass is 10.3. The fraction of sp³-hybridized carbons (Fsp3) is 0.562. The van der Waals surface area contributed by atoms with E-state index in [1.165, 1.54) is 0 Å². The summed E-state index contributed by atoms with van der Waals surface area (Å²) in [6.45, 7) is 1.20. The van der Waals surface area contributed by atoms with Gasteiger partial charge in [0.2, 0.25) is 5.91 Å². The molecule has 1 aromatic carbocycles. The van der Waals surface area contributed by atoms with E-state index in [-0.39, 0.29) is 24.4 Å². The first-order chi connectivity index (χ1) is 11.1. The number of rotatable bonds is 8. The van der Waals surface area contributed by atoms with Crippen molar-refractivity contribution in [3.8, 4) is 17.2 Å². The van der Waals surface area contributed by atoms with Crippen LogP contribution in [0.25, 0.3) is 0 Å². The molecule has 8 heteroatoms. The minimum atomic E-state index is -0.0476. The normalized spacial score (nSPS) is 16.2. The minimum absolute atomic E-state index is 0. The molecule has 136 valence electrons. The largest absolute Gasteiger partial charge is 0.496 e. The molecule has 1 aliphatic rings. The summed E-state index contributed by atoms with van der Waals surface area (Å²) in [6, 6.07) is 5.38. The van der Waals surface area contributed by atoms with Gasteiger partial charge in [0, 0.05) is 43.4 Å². The van der Waals surface area contributed by atoms with Crippen molar-refractivity contribution in [3.05, 3.63) is 18.2 Å². The fourth-order valence-corrected chi connectivity index (χ4v) is 3.22. The standard InChI is InChI=1S/C16H24N2O4S.ClH/c1-18(16(19)15-10-23-11-17-15)5-4-6-22-14-8-12(20-2)7-13(9-14)21-3;/h7-9,15,17H,4-6,10-11H2,1-3H3;1H. The van der Waals surface area contributed by atoms with Crippen LogP contribution < -0.4 is 19.5 Å². The lowest BCUT2D eigenvalue weighted by molar-refractivity contribution is -0.131.